The molecule has 1 atom stereocenters. The minimum Gasteiger partial charge on any atom is -0.466 e. The largest absolute Gasteiger partial charge is 0.466 e. The van der Waals surface area contributed by atoms with Crippen molar-refractivity contribution in [2.24, 2.45) is 0 Å². The molecule has 0 aromatic heterocycles. The summed E-state index contributed by atoms with van der Waals surface area (Å²) in [4.78, 5) is 10.6. The van der Waals surface area contributed by atoms with E-state index in [2.05, 4.69) is 11.7 Å². The zero-order valence-corrected chi connectivity index (χ0v) is 9.64. The van der Waals surface area contributed by atoms with E-state index in [0.29, 0.717) is 5.75 Å². The Balaban J connectivity index is 3.55. The fourth-order valence-corrected chi connectivity index (χ4v) is 1.83. The highest BCUT2D eigenvalue weighted by Crippen LogP contribution is 2.00. The smallest absolute Gasteiger partial charge is 0.331 e. The molecule has 0 heterocycles. The fraction of sp³-hybridized carbons (Fsp3) is 0.700. The maximum absolute atomic E-state index is 11.2. The standard InChI is InChI=1S/C10H18O3S/c1-3-4-5-6-8-14(12)9-7-10(11)13-2/h7,9H,3-6,8H2,1-2H3/b9-7+. The lowest BCUT2D eigenvalue weighted by Crippen LogP contribution is -1.97. The third kappa shape index (κ3) is 7.98. The summed E-state index contributed by atoms with van der Waals surface area (Å²) < 4.78 is 15.6. The van der Waals surface area contributed by atoms with Crippen molar-refractivity contribution in [1.29, 1.82) is 0 Å². The van der Waals surface area contributed by atoms with Crippen molar-refractivity contribution in [1.82, 2.24) is 0 Å². The molecule has 0 aliphatic heterocycles. The van der Waals surface area contributed by atoms with Crippen LogP contribution in [0.5, 0.6) is 0 Å². The van der Waals surface area contributed by atoms with Gasteiger partial charge in [-0.3, -0.25) is 4.21 Å². The van der Waals surface area contributed by atoms with E-state index in [1.165, 1.54) is 31.4 Å². The molecule has 0 bridgehead atoms. The van der Waals surface area contributed by atoms with E-state index in [4.69, 9.17) is 0 Å². The van der Waals surface area contributed by atoms with Crippen LogP contribution in [0.25, 0.3) is 0 Å². The van der Waals surface area contributed by atoms with Crippen LogP contribution in [0.2, 0.25) is 0 Å². The van der Waals surface area contributed by atoms with Crippen LogP contribution in [0.15, 0.2) is 11.5 Å². The second-order valence-electron chi connectivity index (χ2n) is 2.97. The highest BCUT2D eigenvalue weighted by molar-refractivity contribution is 7.87. The van der Waals surface area contributed by atoms with Crippen LogP contribution < -0.4 is 0 Å². The maximum Gasteiger partial charge on any atom is 0.331 e. The van der Waals surface area contributed by atoms with Gasteiger partial charge in [-0.2, -0.15) is 0 Å². The number of methoxy groups -OCH3 is 1. The molecule has 0 radical (unpaired) electrons. The lowest BCUT2D eigenvalue weighted by atomic mass is 10.2. The third-order valence-electron chi connectivity index (χ3n) is 1.76. The molecule has 0 fully saturated rings. The first kappa shape index (κ1) is 13.4. The molecule has 3 nitrogen and oxygen atoms in total. The Bertz CT molecular complexity index is 211. The van der Waals surface area contributed by atoms with E-state index < -0.39 is 16.8 Å². The van der Waals surface area contributed by atoms with Crippen molar-refractivity contribution in [3.63, 3.8) is 0 Å². The quantitative estimate of drug-likeness (QED) is 0.373. The molecule has 82 valence electrons. The monoisotopic (exact) mass is 218 g/mol. The number of rotatable bonds is 7. The predicted octanol–water partition coefficient (Wildman–Crippen LogP) is 2.00. The van der Waals surface area contributed by atoms with Gasteiger partial charge in [-0.25, -0.2) is 4.79 Å². The molecule has 0 N–H and O–H groups in total. The normalized spacial score (nSPS) is 13.0. The number of ether oxygens (including phenoxy) is 1. The lowest BCUT2D eigenvalue weighted by Gasteiger charge is -1.96. The van der Waals surface area contributed by atoms with Crippen molar-refractivity contribution in [3.05, 3.63) is 11.5 Å². The number of carbonyl (C=O) groups is 1. The van der Waals surface area contributed by atoms with Crippen LogP contribution in [0.4, 0.5) is 0 Å². The number of esters is 1. The third-order valence-corrected chi connectivity index (χ3v) is 2.89. The zero-order chi connectivity index (χ0) is 10.8. The average Bonchev–Trinajstić information content (AvgIpc) is 2.21. The summed E-state index contributed by atoms with van der Waals surface area (Å²) in [6.07, 6.45) is 5.62. The molecule has 0 rings (SSSR count). The Hall–Kier alpha value is -0.640. The second-order valence-corrected chi connectivity index (χ2v) is 4.41. The molecule has 0 spiro atoms. The predicted molar refractivity (Wildman–Crippen MR) is 58.3 cm³/mol. The summed E-state index contributed by atoms with van der Waals surface area (Å²) in [6, 6.07) is 0. The van der Waals surface area contributed by atoms with Crippen LogP contribution >= 0.6 is 0 Å². The van der Waals surface area contributed by atoms with Crippen LogP contribution in [0.3, 0.4) is 0 Å². The van der Waals surface area contributed by atoms with Gasteiger partial charge < -0.3 is 4.74 Å². The number of carbonyl (C=O) groups excluding carboxylic acids is 1. The van der Waals surface area contributed by atoms with Gasteiger partial charge in [0.05, 0.1) is 7.11 Å². The Morgan fingerprint density at radius 1 is 1.36 bits per heavy atom. The zero-order valence-electron chi connectivity index (χ0n) is 8.82. The molecule has 0 saturated carbocycles. The maximum atomic E-state index is 11.2. The lowest BCUT2D eigenvalue weighted by molar-refractivity contribution is -0.134. The number of hydrogen-bond acceptors (Lipinski definition) is 3. The Kier molecular flexibility index (Phi) is 8.53. The van der Waals surface area contributed by atoms with Gasteiger partial charge in [0, 0.05) is 28.0 Å². The molecular formula is C10H18O3S. The summed E-state index contributed by atoms with van der Waals surface area (Å²) in [6.45, 7) is 2.13. The van der Waals surface area contributed by atoms with E-state index in [1.54, 1.807) is 0 Å². The van der Waals surface area contributed by atoms with E-state index in [0.717, 1.165) is 12.8 Å². The second kappa shape index (κ2) is 8.94. The number of hydrogen-bond donors (Lipinski definition) is 0. The first-order chi connectivity index (χ1) is 6.70. The van der Waals surface area contributed by atoms with Crippen molar-refractivity contribution < 1.29 is 13.7 Å². The van der Waals surface area contributed by atoms with Gasteiger partial charge in [0.25, 0.3) is 0 Å². The van der Waals surface area contributed by atoms with Crippen molar-refractivity contribution in [3.8, 4) is 0 Å². The molecule has 0 aromatic carbocycles. The summed E-state index contributed by atoms with van der Waals surface area (Å²) in [5.41, 5.74) is 0. The van der Waals surface area contributed by atoms with Gasteiger partial charge in [-0.1, -0.05) is 26.2 Å². The minimum absolute atomic E-state index is 0.452. The summed E-state index contributed by atoms with van der Waals surface area (Å²) in [5.74, 6) is 0.180. The van der Waals surface area contributed by atoms with E-state index in [9.17, 15) is 9.00 Å². The van der Waals surface area contributed by atoms with Gasteiger partial charge in [-0.05, 0) is 6.42 Å². The molecule has 0 aliphatic carbocycles. The Morgan fingerprint density at radius 2 is 2.07 bits per heavy atom. The van der Waals surface area contributed by atoms with Gasteiger partial charge >= 0.3 is 5.97 Å². The minimum atomic E-state index is -1.03. The van der Waals surface area contributed by atoms with Crippen molar-refractivity contribution in [2.75, 3.05) is 12.9 Å². The van der Waals surface area contributed by atoms with E-state index in [-0.39, 0.29) is 0 Å². The van der Waals surface area contributed by atoms with Crippen LogP contribution in [-0.4, -0.2) is 23.0 Å². The molecule has 0 amide bonds. The van der Waals surface area contributed by atoms with E-state index in [1.807, 2.05) is 0 Å². The van der Waals surface area contributed by atoms with Crippen LogP contribution in [-0.2, 0) is 20.3 Å². The van der Waals surface area contributed by atoms with E-state index >= 15 is 0 Å². The molecule has 0 aromatic rings. The van der Waals surface area contributed by atoms with Crippen LogP contribution in [0.1, 0.15) is 32.6 Å². The Labute approximate surface area is 88.0 Å². The van der Waals surface area contributed by atoms with Crippen molar-refractivity contribution >= 4 is 16.8 Å². The van der Waals surface area contributed by atoms with Gasteiger partial charge in [0.2, 0.25) is 0 Å². The Morgan fingerprint density at radius 3 is 2.64 bits per heavy atom. The van der Waals surface area contributed by atoms with Gasteiger partial charge in [-0.15, -0.1) is 0 Å². The molecule has 0 aliphatic rings. The molecule has 14 heavy (non-hydrogen) atoms. The summed E-state index contributed by atoms with van der Waals surface area (Å²) in [7, 11) is 0.275. The van der Waals surface area contributed by atoms with Crippen LogP contribution in [0, 0.1) is 0 Å². The number of unbranched alkanes of at least 4 members (excludes halogenated alkanes) is 3. The first-order valence-electron chi connectivity index (χ1n) is 4.84. The summed E-state index contributed by atoms with van der Waals surface area (Å²) >= 11 is 0. The van der Waals surface area contributed by atoms with Gasteiger partial charge in [0.15, 0.2) is 0 Å². The molecule has 1 unspecified atom stereocenters. The van der Waals surface area contributed by atoms with Gasteiger partial charge in [0.1, 0.15) is 0 Å². The topological polar surface area (TPSA) is 43.4 Å². The average molecular weight is 218 g/mol. The molecular weight excluding hydrogens is 200 g/mol. The first-order valence-corrected chi connectivity index (χ1v) is 6.22. The highest BCUT2D eigenvalue weighted by atomic mass is 32.2. The fourth-order valence-electron chi connectivity index (χ4n) is 0.939. The SMILES string of the molecule is CCCCCCS(=O)/C=C/C(=O)OC. The molecule has 4 heteroatoms. The van der Waals surface area contributed by atoms with Crippen molar-refractivity contribution in [2.45, 2.75) is 32.6 Å². The molecule has 0 saturated heterocycles. The highest BCUT2D eigenvalue weighted by Gasteiger charge is 1.96. The summed E-state index contributed by atoms with van der Waals surface area (Å²) in [5, 5.41) is 1.40.